The second-order valence-electron chi connectivity index (χ2n) is 6.00. The van der Waals surface area contributed by atoms with Crippen molar-refractivity contribution in [2.75, 3.05) is 19.0 Å². The SMILES string of the molecule is CCC(C)C[C](c1ccccc1)c1ccc(N(C)C)cc1.[LiH]. The van der Waals surface area contributed by atoms with Gasteiger partial charge in [0.05, 0.1) is 0 Å². The van der Waals surface area contributed by atoms with Gasteiger partial charge in [-0.1, -0.05) is 62.7 Å². The van der Waals surface area contributed by atoms with E-state index in [1.54, 1.807) is 0 Å². The molecule has 1 radical (unpaired) electrons. The van der Waals surface area contributed by atoms with Crippen LogP contribution in [-0.4, -0.2) is 33.0 Å². The standard InChI is InChI=1S/C20H26N.Li.H/c1-5-16(2)15-20(17-9-7-6-8-10-17)18-11-13-19(14-12-18)21(3)4;;/h6-14,16H,5,15H2,1-4H3;;. The molecule has 0 aliphatic rings. The Balaban J connectivity index is 0.00000242. The molecule has 0 aromatic heterocycles. The molecular weight excluding hydrogens is 261 g/mol. The molecule has 0 spiro atoms. The molecule has 22 heavy (non-hydrogen) atoms. The van der Waals surface area contributed by atoms with E-state index >= 15 is 0 Å². The normalized spacial score (nSPS) is 11.9. The first-order valence-corrected chi connectivity index (χ1v) is 7.80. The van der Waals surface area contributed by atoms with Gasteiger partial charge in [-0.2, -0.15) is 0 Å². The molecule has 0 aliphatic heterocycles. The van der Waals surface area contributed by atoms with Crippen LogP contribution in [0, 0.1) is 11.8 Å². The Kier molecular flexibility index (Phi) is 7.80. The summed E-state index contributed by atoms with van der Waals surface area (Å²) in [5.74, 6) is 2.16. The Labute approximate surface area is 147 Å². The minimum atomic E-state index is 0. The summed E-state index contributed by atoms with van der Waals surface area (Å²) in [7, 11) is 4.16. The fourth-order valence-corrected chi connectivity index (χ4v) is 2.50. The molecule has 0 saturated heterocycles. The zero-order chi connectivity index (χ0) is 15.2. The third-order valence-corrected chi connectivity index (χ3v) is 4.10. The minimum absolute atomic E-state index is 0. The number of benzene rings is 2. The Morgan fingerprint density at radius 2 is 1.45 bits per heavy atom. The summed E-state index contributed by atoms with van der Waals surface area (Å²) in [5, 5.41) is 0. The third-order valence-electron chi connectivity index (χ3n) is 4.10. The Bertz CT molecular complexity index is 533. The zero-order valence-corrected chi connectivity index (χ0v) is 13.6. The molecule has 1 nitrogen and oxygen atoms in total. The van der Waals surface area contributed by atoms with Gasteiger partial charge in [0, 0.05) is 25.7 Å². The molecule has 0 saturated carbocycles. The van der Waals surface area contributed by atoms with Gasteiger partial charge in [-0.05, 0) is 35.6 Å². The Morgan fingerprint density at radius 3 is 1.95 bits per heavy atom. The van der Waals surface area contributed by atoms with Crippen LogP contribution in [0.15, 0.2) is 54.6 Å². The second-order valence-corrected chi connectivity index (χ2v) is 6.00. The van der Waals surface area contributed by atoms with E-state index in [0.29, 0.717) is 5.92 Å². The van der Waals surface area contributed by atoms with Crippen LogP contribution in [0.1, 0.15) is 37.8 Å². The van der Waals surface area contributed by atoms with Crippen molar-refractivity contribution in [3.05, 3.63) is 71.6 Å². The van der Waals surface area contributed by atoms with Crippen LogP contribution in [0.5, 0.6) is 0 Å². The molecule has 113 valence electrons. The van der Waals surface area contributed by atoms with E-state index in [0.717, 1.165) is 6.42 Å². The van der Waals surface area contributed by atoms with Crippen LogP contribution in [0.2, 0.25) is 0 Å². The molecule has 0 aliphatic carbocycles. The van der Waals surface area contributed by atoms with Crippen LogP contribution in [0.25, 0.3) is 0 Å². The number of rotatable bonds is 6. The van der Waals surface area contributed by atoms with Gasteiger partial charge >= 0.3 is 18.9 Å². The third kappa shape index (κ3) is 4.94. The van der Waals surface area contributed by atoms with Crippen molar-refractivity contribution >= 4 is 24.5 Å². The molecule has 2 aromatic carbocycles. The zero-order valence-electron chi connectivity index (χ0n) is 13.6. The molecule has 1 atom stereocenters. The number of nitrogens with zero attached hydrogens (tertiary/aromatic N) is 1. The van der Waals surface area contributed by atoms with Gasteiger partial charge < -0.3 is 4.90 Å². The summed E-state index contributed by atoms with van der Waals surface area (Å²) in [4.78, 5) is 2.14. The number of hydrogen-bond donors (Lipinski definition) is 0. The van der Waals surface area contributed by atoms with Crippen molar-refractivity contribution in [2.45, 2.75) is 26.7 Å². The molecule has 0 fully saturated rings. The summed E-state index contributed by atoms with van der Waals surface area (Å²) in [6, 6.07) is 19.7. The van der Waals surface area contributed by atoms with Crippen LogP contribution in [-0.2, 0) is 0 Å². The fourth-order valence-electron chi connectivity index (χ4n) is 2.50. The van der Waals surface area contributed by atoms with Crippen molar-refractivity contribution in [3.63, 3.8) is 0 Å². The quantitative estimate of drug-likeness (QED) is 0.707. The van der Waals surface area contributed by atoms with Crippen molar-refractivity contribution < 1.29 is 0 Å². The first kappa shape index (κ1) is 18.9. The van der Waals surface area contributed by atoms with Gasteiger partial charge in [-0.25, -0.2) is 0 Å². The van der Waals surface area contributed by atoms with Gasteiger partial charge in [0.15, 0.2) is 0 Å². The van der Waals surface area contributed by atoms with Crippen molar-refractivity contribution in [2.24, 2.45) is 5.92 Å². The van der Waals surface area contributed by atoms with Gasteiger partial charge in [0.1, 0.15) is 0 Å². The van der Waals surface area contributed by atoms with Crippen molar-refractivity contribution in [3.8, 4) is 0 Å². The molecule has 0 heterocycles. The predicted molar refractivity (Wildman–Crippen MR) is 99.9 cm³/mol. The predicted octanol–water partition coefficient (Wildman–Crippen LogP) is 4.51. The van der Waals surface area contributed by atoms with Gasteiger partial charge in [-0.15, -0.1) is 0 Å². The summed E-state index contributed by atoms with van der Waals surface area (Å²) >= 11 is 0. The van der Waals surface area contributed by atoms with Crippen LogP contribution in [0.3, 0.4) is 0 Å². The monoisotopic (exact) mass is 288 g/mol. The van der Waals surface area contributed by atoms with E-state index in [1.165, 1.54) is 29.2 Å². The Hall–Kier alpha value is -1.16. The molecule has 0 amide bonds. The first-order chi connectivity index (χ1) is 10.1. The summed E-state index contributed by atoms with van der Waals surface area (Å²) in [5.41, 5.74) is 3.93. The van der Waals surface area contributed by atoms with Gasteiger partial charge in [0.25, 0.3) is 0 Å². The average Bonchev–Trinajstić information content (AvgIpc) is 2.53. The van der Waals surface area contributed by atoms with E-state index in [2.05, 4.69) is 87.4 Å². The molecule has 1 unspecified atom stereocenters. The van der Waals surface area contributed by atoms with E-state index in [1.807, 2.05) is 0 Å². The van der Waals surface area contributed by atoms with E-state index in [9.17, 15) is 0 Å². The molecule has 0 bridgehead atoms. The topological polar surface area (TPSA) is 3.24 Å². The molecule has 2 rings (SSSR count). The van der Waals surface area contributed by atoms with Crippen LogP contribution < -0.4 is 4.90 Å². The summed E-state index contributed by atoms with van der Waals surface area (Å²) in [6.07, 6.45) is 2.34. The number of anilines is 1. The van der Waals surface area contributed by atoms with Crippen LogP contribution >= 0.6 is 0 Å². The summed E-state index contributed by atoms with van der Waals surface area (Å²) < 4.78 is 0. The fraction of sp³-hybridized carbons (Fsp3) is 0.350. The average molecular weight is 288 g/mol. The van der Waals surface area contributed by atoms with Crippen molar-refractivity contribution in [1.82, 2.24) is 0 Å². The van der Waals surface area contributed by atoms with E-state index in [-0.39, 0.29) is 18.9 Å². The molecule has 2 heteroatoms. The van der Waals surface area contributed by atoms with Crippen LogP contribution in [0.4, 0.5) is 5.69 Å². The maximum atomic E-state index is 2.33. The van der Waals surface area contributed by atoms with Gasteiger partial charge in [-0.3, -0.25) is 0 Å². The number of hydrogen-bond acceptors (Lipinski definition) is 1. The second kappa shape index (κ2) is 9.08. The molecular formula is C20H27LiN. The summed E-state index contributed by atoms with van der Waals surface area (Å²) in [6.45, 7) is 4.60. The van der Waals surface area contributed by atoms with E-state index < -0.39 is 0 Å². The Morgan fingerprint density at radius 1 is 0.909 bits per heavy atom. The molecule has 2 aromatic rings. The van der Waals surface area contributed by atoms with Crippen molar-refractivity contribution in [1.29, 1.82) is 0 Å². The van der Waals surface area contributed by atoms with E-state index in [4.69, 9.17) is 0 Å². The molecule has 0 N–H and O–H groups in total. The van der Waals surface area contributed by atoms with Gasteiger partial charge in [0.2, 0.25) is 0 Å². The first-order valence-electron chi connectivity index (χ1n) is 7.80. The maximum absolute atomic E-state index is 2.33.